The zero-order chi connectivity index (χ0) is 18.4. The second-order valence-corrected chi connectivity index (χ2v) is 6.94. The fraction of sp³-hybridized carbons (Fsp3) is 0.263. The molecule has 0 aliphatic heterocycles. The molecule has 0 bridgehead atoms. The number of aryl methyl sites for hydroxylation is 1. The number of nitrogens with zero attached hydrogens (tertiary/aromatic N) is 4. The highest BCUT2D eigenvalue weighted by Gasteiger charge is 2.10. The Morgan fingerprint density at radius 1 is 1.15 bits per heavy atom. The maximum atomic E-state index is 11.3. The van der Waals surface area contributed by atoms with Gasteiger partial charge < -0.3 is 5.73 Å². The van der Waals surface area contributed by atoms with Gasteiger partial charge in [-0.05, 0) is 58.7 Å². The molecule has 0 aliphatic carbocycles. The number of hydrogen-bond donors (Lipinski definition) is 1. The van der Waals surface area contributed by atoms with Crippen molar-refractivity contribution in [3.05, 3.63) is 65.2 Å². The van der Waals surface area contributed by atoms with E-state index in [-0.39, 0.29) is 0 Å². The average molecular weight is 367 g/mol. The molecule has 7 heteroatoms. The number of unbranched alkanes of at least 4 members (excludes halogenated alkanes) is 1. The number of benzene rings is 2. The third kappa shape index (κ3) is 4.49. The minimum atomic E-state index is -0.426. The first kappa shape index (κ1) is 18.1. The molecule has 0 radical (unpaired) electrons. The van der Waals surface area contributed by atoms with E-state index < -0.39 is 5.91 Å². The first-order chi connectivity index (χ1) is 12.7. The summed E-state index contributed by atoms with van der Waals surface area (Å²) in [7, 11) is 0. The maximum Gasteiger partial charge on any atom is 0.248 e. The number of carbonyl (C=O) groups excluding carboxylic acids is 1. The molecule has 3 rings (SSSR count). The summed E-state index contributed by atoms with van der Waals surface area (Å²) < 4.78 is 1.73. The van der Waals surface area contributed by atoms with Crippen LogP contribution < -0.4 is 5.73 Å². The van der Waals surface area contributed by atoms with Gasteiger partial charge in [0, 0.05) is 11.3 Å². The van der Waals surface area contributed by atoms with E-state index in [0.717, 1.165) is 17.7 Å². The second-order valence-electron chi connectivity index (χ2n) is 6.00. The lowest BCUT2D eigenvalue weighted by molar-refractivity contribution is 0.1000. The van der Waals surface area contributed by atoms with Crippen LogP contribution in [0.5, 0.6) is 0 Å². The third-order valence-corrected chi connectivity index (χ3v) is 5.01. The molecule has 2 aromatic carbocycles. The molecule has 0 unspecified atom stereocenters. The van der Waals surface area contributed by atoms with Gasteiger partial charge in [0.25, 0.3) is 0 Å². The van der Waals surface area contributed by atoms with Gasteiger partial charge >= 0.3 is 0 Å². The summed E-state index contributed by atoms with van der Waals surface area (Å²) in [6.07, 6.45) is 3.46. The smallest absolute Gasteiger partial charge is 0.248 e. The van der Waals surface area contributed by atoms with Gasteiger partial charge in [-0.1, -0.05) is 49.4 Å². The van der Waals surface area contributed by atoms with Crippen molar-refractivity contribution in [1.29, 1.82) is 0 Å². The third-order valence-electron chi connectivity index (χ3n) is 4.02. The van der Waals surface area contributed by atoms with Gasteiger partial charge in [0.2, 0.25) is 11.1 Å². The highest BCUT2D eigenvalue weighted by atomic mass is 32.2. The molecule has 0 aliphatic rings. The average Bonchev–Trinajstić information content (AvgIpc) is 3.14. The normalized spacial score (nSPS) is 10.8. The van der Waals surface area contributed by atoms with Gasteiger partial charge in [-0.25, -0.2) is 0 Å². The Balaban J connectivity index is 1.70. The SMILES string of the molecule is CCCCc1ccc(-n2nnnc2SCc2cccc(C(N)=O)c2)cc1. The topological polar surface area (TPSA) is 86.7 Å². The Kier molecular flexibility index (Phi) is 6.01. The number of primary amides is 1. The van der Waals surface area contributed by atoms with Crippen LogP contribution in [0.3, 0.4) is 0 Å². The van der Waals surface area contributed by atoms with E-state index in [1.165, 1.54) is 30.2 Å². The van der Waals surface area contributed by atoms with Gasteiger partial charge in [-0.2, -0.15) is 4.68 Å². The fourth-order valence-electron chi connectivity index (χ4n) is 2.58. The predicted molar refractivity (Wildman–Crippen MR) is 102 cm³/mol. The quantitative estimate of drug-likeness (QED) is 0.617. The second kappa shape index (κ2) is 8.62. The van der Waals surface area contributed by atoms with E-state index >= 15 is 0 Å². The van der Waals surface area contributed by atoms with Crippen LogP contribution in [0.1, 0.15) is 41.3 Å². The molecule has 0 atom stereocenters. The Morgan fingerprint density at radius 2 is 1.96 bits per heavy atom. The standard InChI is InChI=1S/C19H21N5OS/c1-2-3-5-14-8-10-17(11-9-14)24-19(21-22-23-24)26-13-15-6-4-7-16(12-15)18(20)25/h4,6-12H,2-3,5,13H2,1H3,(H2,20,25). The summed E-state index contributed by atoms with van der Waals surface area (Å²) in [6, 6.07) is 15.6. The Bertz CT molecular complexity index is 876. The van der Waals surface area contributed by atoms with Gasteiger partial charge in [0.1, 0.15) is 0 Å². The van der Waals surface area contributed by atoms with Crippen LogP contribution >= 0.6 is 11.8 Å². The zero-order valence-electron chi connectivity index (χ0n) is 14.6. The molecular weight excluding hydrogens is 346 g/mol. The van der Waals surface area contributed by atoms with Crippen molar-refractivity contribution in [2.75, 3.05) is 0 Å². The molecular formula is C19H21N5OS. The van der Waals surface area contributed by atoms with Crippen LogP contribution in [-0.4, -0.2) is 26.1 Å². The van der Waals surface area contributed by atoms with E-state index in [9.17, 15) is 4.79 Å². The number of carbonyl (C=O) groups is 1. The highest BCUT2D eigenvalue weighted by Crippen LogP contribution is 2.23. The summed E-state index contributed by atoms with van der Waals surface area (Å²) in [5.74, 6) is 0.223. The van der Waals surface area contributed by atoms with Crippen LogP contribution in [0.2, 0.25) is 0 Å². The molecule has 134 valence electrons. The summed E-state index contributed by atoms with van der Waals surface area (Å²) in [5, 5.41) is 12.7. The Morgan fingerprint density at radius 3 is 2.69 bits per heavy atom. The molecule has 0 saturated carbocycles. The Labute approximate surface area is 156 Å². The minimum absolute atomic E-state index is 0.426. The van der Waals surface area contributed by atoms with Crippen molar-refractivity contribution in [1.82, 2.24) is 20.2 Å². The van der Waals surface area contributed by atoms with Gasteiger partial charge in [0.15, 0.2) is 0 Å². The molecule has 0 fully saturated rings. The molecule has 1 heterocycles. The lowest BCUT2D eigenvalue weighted by Crippen LogP contribution is -2.10. The van der Waals surface area contributed by atoms with E-state index in [0.29, 0.717) is 16.5 Å². The monoisotopic (exact) mass is 367 g/mol. The number of rotatable bonds is 8. The molecule has 1 aromatic heterocycles. The van der Waals surface area contributed by atoms with Crippen molar-refractivity contribution in [2.24, 2.45) is 5.73 Å². The highest BCUT2D eigenvalue weighted by molar-refractivity contribution is 7.98. The largest absolute Gasteiger partial charge is 0.366 e. The fourth-order valence-corrected chi connectivity index (χ4v) is 3.41. The lowest BCUT2D eigenvalue weighted by Gasteiger charge is -2.06. The number of amides is 1. The van der Waals surface area contributed by atoms with Crippen LogP contribution in [0.15, 0.2) is 53.7 Å². The van der Waals surface area contributed by atoms with Crippen LogP contribution in [0.4, 0.5) is 0 Å². The molecule has 0 saturated heterocycles. The molecule has 0 spiro atoms. The summed E-state index contributed by atoms with van der Waals surface area (Å²) in [5.41, 5.74) is 9.09. The van der Waals surface area contributed by atoms with Crippen molar-refractivity contribution < 1.29 is 4.79 Å². The summed E-state index contributed by atoms with van der Waals surface area (Å²) in [4.78, 5) is 11.3. The van der Waals surface area contributed by atoms with E-state index in [4.69, 9.17) is 5.73 Å². The van der Waals surface area contributed by atoms with Crippen molar-refractivity contribution >= 4 is 17.7 Å². The Hall–Kier alpha value is -2.67. The lowest BCUT2D eigenvalue weighted by atomic mass is 10.1. The van der Waals surface area contributed by atoms with Gasteiger partial charge in [-0.3, -0.25) is 4.79 Å². The van der Waals surface area contributed by atoms with Gasteiger partial charge in [0.05, 0.1) is 5.69 Å². The number of thioether (sulfide) groups is 1. The van der Waals surface area contributed by atoms with E-state index in [1.54, 1.807) is 16.8 Å². The molecule has 1 amide bonds. The minimum Gasteiger partial charge on any atom is -0.366 e. The first-order valence-electron chi connectivity index (χ1n) is 8.56. The van der Waals surface area contributed by atoms with Gasteiger partial charge in [-0.15, -0.1) is 5.10 Å². The molecule has 6 nitrogen and oxygen atoms in total. The zero-order valence-corrected chi connectivity index (χ0v) is 15.4. The number of nitrogens with two attached hydrogens (primary N) is 1. The molecule has 2 N–H and O–H groups in total. The van der Waals surface area contributed by atoms with Crippen LogP contribution in [0, 0.1) is 0 Å². The summed E-state index contributed by atoms with van der Waals surface area (Å²) in [6.45, 7) is 2.19. The van der Waals surface area contributed by atoms with Crippen molar-refractivity contribution in [3.8, 4) is 5.69 Å². The molecule has 3 aromatic rings. The van der Waals surface area contributed by atoms with Crippen LogP contribution in [0.25, 0.3) is 5.69 Å². The first-order valence-corrected chi connectivity index (χ1v) is 9.55. The molecule has 26 heavy (non-hydrogen) atoms. The number of aromatic nitrogens is 4. The van der Waals surface area contributed by atoms with Crippen LogP contribution in [-0.2, 0) is 12.2 Å². The van der Waals surface area contributed by atoms with E-state index in [2.05, 4.69) is 34.6 Å². The van der Waals surface area contributed by atoms with Crippen molar-refractivity contribution in [2.45, 2.75) is 37.1 Å². The number of hydrogen-bond acceptors (Lipinski definition) is 5. The van der Waals surface area contributed by atoms with E-state index in [1.807, 2.05) is 24.3 Å². The predicted octanol–water partition coefficient (Wildman–Crippen LogP) is 3.40. The maximum absolute atomic E-state index is 11.3. The summed E-state index contributed by atoms with van der Waals surface area (Å²) >= 11 is 1.51. The number of tetrazole rings is 1. The van der Waals surface area contributed by atoms with Crippen molar-refractivity contribution in [3.63, 3.8) is 0 Å².